The molecule has 25 heavy (non-hydrogen) atoms. The van der Waals surface area contributed by atoms with E-state index in [4.69, 9.17) is 4.74 Å². The van der Waals surface area contributed by atoms with Crippen molar-refractivity contribution in [1.29, 1.82) is 0 Å². The number of methoxy groups -OCH3 is 1. The Morgan fingerprint density at radius 1 is 1.20 bits per heavy atom. The topological polar surface area (TPSA) is 102 Å². The molecule has 0 radical (unpaired) electrons. The van der Waals surface area contributed by atoms with Gasteiger partial charge in [-0.3, -0.25) is 10.1 Å². The predicted molar refractivity (Wildman–Crippen MR) is 97.5 cm³/mol. The van der Waals surface area contributed by atoms with Crippen LogP contribution in [0.25, 0.3) is 0 Å². The molecular weight excluding hydrogens is 322 g/mol. The van der Waals surface area contributed by atoms with E-state index in [2.05, 4.69) is 34.4 Å². The smallest absolute Gasteiger partial charge is 0.353 e. The molecule has 0 aliphatic rings. The fourth-order valence-corrected chi connectivity index (χ4v) is 2.28. The molecule has 2 N–H and O–H groups in total. The van der Waals surface area contributed by atoms with Crippen molar-refractivity contribution in [3.05, 3.63) is 46.3 Å². The molecule has 1 aromatic heterocycles. The Hall–Kier alpha value is -2.74. The van der Waals surface area contributed by atoms with Gasteiger partial charge >= 0.3 is 5.69 Å². The number of nitrogens with one attached hydrogen (secondary N) is 2. The van der Waals surface area contributed by atoms with E-state index in [0.29, 0.717) is 19.1 Å². The normalized spacial score (nSPS) is 10.7. The van der Waals surface area contributed by atoms with Crippen LogP contribution in [0, 0.1) is 10.1 Å². The fraction of sp³-hybridized carbons (Fsp3) is 0.412. The highest BCUT2D eigenvalue weighted by atomic mass is 16.6. The third kappa shape index (κ3) is 5.12. The molecule has 0 saturated heterocycles. The van der Waals surface area contributed by atoms with E-state index in [9.17, 15) is 10.1 Å². The van der Waals surface area contributed by atoms with Gasteiger partial charge in [0, 0.05) is 25.9 Å². The molecule has 8 nitrogen and oxygen atoms in total. The third-order valence-electron chi connectivity index (χ3n) is 3.66. The molecule has 8 heteroatoms. The number of hydrogen-bond donors (Lipinski definition) is 2. The van der Waals surface area contributed by atoms with Crippen molar-refractivity contribution in [1.82, 2.24) is 9.97 Å². The Kier molecular flexibility index (Phi) is 6.64. The molecule has 0 aliphatic carbocycles. The lowest BCUT2D eigenvalue weighted by Crippen LogP contribution is -2.10. The molecule has 0 fully saturated rings. The van der Waals surface area contributed by atoms with E-state index in [1.165, 1.54) is 11.9 Å². The van der Waals surface area contributed by atoms with Gasteiger partial charge in [-0.15, -0.1) is 0 Å². The molecule has 1 heterocycles. The summed E-state index contributed by atoms with van der Waals surface area (Å²) in [4.78, 5) is 19.0. The summed E-state index contributed by atoms with van der Waals surface area (Å²) in [6.07, 6.45) is 2.02. The van der Waals surface area contributed by atoms with E-state index in [1.54, 1.807) is 7.11 Å². The van der Waals surface area contributed by atoms with Gasteiger partial charge in [-0.2, -0.15) is 0 Å². The number of hydrogen-bond acceptors (Lipinski definition) is 7. The first-order valence-electron chi connectivity index (χ1n) is 8.12. The van der Waals surface area contributed by atoms with Gasteiger partial charge in [-0.05, 0) is 30.0 Å². The van der Waals surface area contributed by atoms with E-state index in [0.717, 1.165) is 12.1 Å². The van der Waals surface area contributed by atoms with Crippen molar-refractivity contribution in [3.8, 4) is 0 Å². The lowest BCUT2D eigenvalue weighted by Gasteiger charge is -2.11. The summed E-state index contributed by atoms with van der Waals surface area (Å²) in [5.41, 5.74) is 1.76. The first-order valence-corrected chi connectivity index (χ1v) is 8.12. The van der Waals surface area contributed by atoms with Crippen LogP contribution in [0.3, 0.4) is 0 Å². The Morgan fingerprint density at radius 3 is 2.48 bits per heavy atom. The molecule has 134 valence electrons. The molecular formula is C17H23N5O3. The molecule has 0 spiro atoms. The highest BCUT2D eigenvalue weighted by molar-refractivity contribution is 5.73. The van der Waals surface area contributed by atoms with Crippen molar-refractivity contribution < 1.29 is 9.66 Å². The van der Waals surface area contributed by atoms with Crippen LogP contribution in [0.5, 0.6) is 0 Å². The molecule has 2 rings (SSSR count). The highest BCUT2D eigenvalue weighted by Crippen LogP contribution is 2.31. The van der Waals surface area contributed by atoms with E-state index >= 15 is 0 Å². The molecule has 0 atom stereocenters. The largest absolute Gasteiger partial charge is 0.385 e. The van der Waals surface area contributed by atoms with Crippen LogP contribution in [0.2, 0.25) is 0 Å². The van der Waals surface area contributed by atoms with Gasteiger partial charge in [0.15, 0.2) is 0 Å². The number of anilines is 3. The van der Waals surface area contributed by atoms with Crippen LogP contribution in [-0.4, -0.2) is 35.2 Å². The van der Waals surface area contributed by atoms with E-state index in [1.807, 2.05) is 24.3 Å². The average Bonchev–Trinajstić information content (AvgIpc) is 2.59. The molecule has 0 aliphatic heterocycles. The maximum atomic E-state index is 11.5. The summed E-state index contributed by atoms with van der Waals surface area (Å²) in [5, 5.41) is 17.5. The maximum absolute atomic E-state index is 11.5. The van der Waals surface area contributed by atoms with Crippen LogP contribution in [0.15, 0.2) is 30.6 Å². The van der Waals surface area contributed by atoms with Crippen molar-refractivity contribution >= 4 is 23.0 Å². The quantitative estimate of drug-likeness (QED) is 0.406. The zero-order valence-corrected chi connectivity index (χ0v) is 14.7. The molecule has 1 aromatic carbocycles. The summed E-state index contributed by atoms with van der Waals surface area (Å²) < 4.78 is 4.97. The van der Waals surface area contributed by atoms with E-state index in [-0.39, 0.29) is 17.3 Å². The molecule has 0 unspecified atom stereocenters. The second kappa shape index (κ2) is 8.93. The zero-order chi connectivity index (χ0) is 18.2. The Labute approximate surface area is 146 Å². The second-order valence-corrected chi connectivity index (χ2v) is 5.85. The molecule has 0 saturated carbocycles. The standard InChI is InChI=1S/C17H23N5O3/c1-12(2)13-5-7-14(8-6-13)21-17-15(22(23)24)16(19-11-20-17)18-9-4-10-25-3/h5-8,11-12H,4,9-10H2,1-3H3,(H2,18,19,20,21). The first kappa shape index (κ1) is 18.6. The summed E-state index contributed by atoms with van der Waals surface area (Å²) in [6, 6.07) is 7.74. The Morgan fingerprint density at radius 2 is 1.88 bits per heavy atom. The minimum Gasteiger partial charge on any atom is -0.385 e. The van der Waals surface area contributed by atoms with Gasteiger partial charge in [-0.1, -0.05) is 26.0 Å². The van der Waals surface area contributed by atoms with Crippen molar-refractivity contribution in [2.75, 3.05) is 30.9 Å². The number of nitrogens with zero attached hydrogens (tertiary/aromatic N) is 3. The highest BCUT2D eigenvalue weighted by Gasteiger charge is 2.22. The summed E-state index contributed by atoms with van der Waals surface area (Å²) in [6.45, 7) is 5.31. The van der Waals surface area contributed by atoms with Crippen LogP contribution in [-0.2, 0) is 4.74 Å². The van der Waals surface area contributed by atoms with Gasteiger partial charge < -0.3 is 15.4 Å². The summed E-state index contributed by atoms with van der Waals surface area (Å²) in [5.74, 6) is 0.772. The third-order valence-corrected chi connectivity index (χ3v) is 3.66. The van der Waals surface area contributed by atoms with Crippen LogP contribution >= 0.6 is 0 Å². The van der Waals surface area contributed by atoms with Gasteiger partial charge in [0.05, 0.1) is 4.92 Å². The first-order chi connectivity index (χ1) is 12.0. The molecule has 0 bridgehead atoms. The number of benzene rings is 1. The molecule has 0 amide bonds. The maximum Gasteiger partial charge on any atom is 0.353 e. The Bertz CT molecular complexity index is 704. The fourth-order valence-electron chi connectivity index (χ4n) is 2.28. The van der Waals surface area contributed by atoms with Gasteiger partial charge in [0.25, 0.3) is 0 Å². The zero-order valence-electron chi connectivity index (χ0n) is 14.7. The monoisotopic (exact) mass is 345 g/mol. The number of ether oxygens (including phenoxy) is 1. The van der Waals surface area contributed by atoms with Crippen molar-refractivity contribution in [2.24, 2.45) is 0 Å². The molecule has 2 aromatic rings. The van der Waals surface area contributed by atoms with E-state index < -0.39 is 4.92 Å². The predicted octanol–water partition coefficient (Wildman–Crippen LogP) is 3.70. The van der Waals surface area contributed by atoms with Crippen LogP contribution in [0.4, 0.5) is 23.0 Å². The minimum absolute atomic E-state index is 0.159. The minimum atomic E-state index is -0.483. The number of rotatable bonds is 9. The number of nitro groups is 1. The van der Waals surface area contributed by atoms with Gasteiger partial charge in [0.1, 0.15) is 6.33 Å². The van der Waals surface area contributed by atoms with Gasteiger partial charge in [-0.25, -0.2) is 9.97 Å². The average molecular weight is 345 g/mol. The SMILES string of the molecule is COCCCNc1ncnc(Nc2ccc(C(C)C)cc2)c1[N+](=O)[O-]. The van der Waals surface area contributed by atoms with Crippen LogP contribution in [0.1, 0.15) is 31.7 Å². The van der Waals surface area contributed by atoms with Crippen molar-refractivity contribution in [3.63, 3.8) is 0 Å². The summed E-state index contributed by atoms with van der Waals surface area (Å²) in [7, 11) is 1.61. The lowest BCUT2D eigenvalue weighted by molar-refractivity contribution is -0.383. The number of aromatic nitrogens is 2. The Balaban J connectivity index is 2.20. The van der Waals surface area contributed by atoms with Crippen molar-refractivity contribution in [2.45, 2.75) is 26.2 Å². The van der Waals surface area contributed by atoms with Crippen LogP contribution < -0.4 is 10.6 Å². The summed E-state index contributed by atoms with van der Waals surface area (Å²) >= 11 is 0. The van der Waals surface area contributed by atoms with Gasteiger partial charge in [0.2, 0.25) is 11.6 Å². The second-order valence-electron chi connectivity index (χ2n) is 5.85. The lowest BCUT2D eigenvalue weighted by atomic mass is 10.0.